The zero-order valence-electron chi connectivity index (χ0n) is 19.7. The Labute approximate surface area is 210 Å². The monoisotopic (exact) mass is 518 g/mol. The molecule has 3 aromatic rings. The molecule has 0 atom stereocenters. The molecule has 0 aliphatic carbocycles. The summed E-state index contributed by atoms with van der Waals surface area (Å²) in [5, 5.41) is 9.29. The van der Waals surface area contributed by atoms with Crippen molar-refractivity contribution >= 4 is 11.6 Å². The van der Waals surface area contributed by atoms with Gasteiger partial charge in [0.1, 0.15) is 12.4 Å². The average Bonchev–Trinajstić information content (AvgIpc) is 2.85. The van der Waals surface area contributed by atoms with Gasteiger partial charge in [0, 0.05) is 16.3 Å². The van der Waals surface area contributed by atoms with Crippen LogP contribution in [0.3, 0.4) is 0 Å². The molecule has 0 N–H and O–H groups in total. The minimum Gasteiger partial charge on any atom is -0.481 e. The minimum absolute atomic E-state index is 0.102. The van der Waals surface area contributed by atoms with Crippen LogP contribution in [0.1, 0.15) is 41.9 Å². The van der Waals surface area contributed by atoms with Crippen molar-refractivity contribution in [2.45, 2.75) is 39.4 Å². The average molecular weight is 519 g/mol. The summed E-state index contributed by atoms with van der Waals surface area (Å²) < 4.78 is 55.2. The molecule has 0 bridgehead atoms. The number of aromatic nitrogens is 3. The molecule has 36 heavy (non-hydrogen) atoms. The van der Waals surface area contributed by atoms with Crippen molar-refractivity contribution in [2.24, 2.45) is 0 Å². The molecule has 0 fully saturated rings. The number of methoxy groups -OCH3 is 1. The second-order valence-electron chi connectivity index (χ2n) is 7.85. The Morgan fingerprint density at radius 3 is 2.58 bits per heavy atom. The fourth-order valence-corrected chi connectivity index (χ4v) is 3.65. The first-order chi connectivity index (χ1) is 17.0. The van der Waals surface area contributed by atoms with Gasteiger partial charge >= 0.3 is 5.92 Å². The van der Waals surface area contributed by atoms with Crippen LogP contribution in [-0.2, 0) is 25.6 Å². The second kappa shape index (κ2) is 10.8. The van der Waals surface area contributed by atoms with Gasteiger partial charge in [-0.1, -0.05) is 25.1 Å². The zero-order valence-corrected chi connectivity index (χ0v) is 20.5. The van der Waals surface area contributed by atoms with Crippen LogP contribution >= 0.6 is 11.6 Å². The molecule has 0 spiro atoms. The molecule has 0 radical (unpaired) electrons. The molecule has 0 amide bonds. The number of hydrogen-bond donors (Lipinski definition) is 0. The number of nitrogens with zero attached hydrogens (tertiary/aromatic N) is 4. The highest BCUT2D eigenvalue weighted by atomic mass is 35.5. The Morgan fingerprint density at radius 2 is 2.00 bits per heavy atom. The van der Waals surface area contributed by atoms with E-state index in [1.807, 2.05) is 13.0 Å². The minimum atomic E-state index is -3.69. The van der Waals surface area contributed by atoms with E-state index in [0.717, 1.165) is 17.8 Å². The molecule has 0 aliphatic rings. The van der Waals surface area contributed by atoms with E-state index < -0.39 is 35.2 Å². The molecule has 188 valence electrons. The van der Waals surface area contributed by atoms with Gasteiger partial charge in [0.15, 0.2) is 5.69 Å². The van der Waals surface area contributed by atoms with Gasteiger partial charge in [-0.25, -0.2) is 14.4 Å². The summed E-state index contributed by atoms with van der Waals surface area (Å²) in [6.07, 6.45) is 1.40. The van der Waals surface area contributed by atoms with Crippen LogP contribution in [0.25, 0.3) is 0 Å². The first-order valence-corrected chi connectivity index (χ1v) is 11.1. The lowest BCUT2D eigenvalue weighted by Crippen LogP contribution is -2.29. The Morgan fingerprint density at radius 1 is 1.28 bits per heavy atom. The third-order valence-corrected chi connectivity index (χ3v) is 5.51. The van der Waals surface area contributed by atoms with Crippen LogP contribution in [0.2, 0.25) is 5.02 Å². The van der Waals surface area contributed by atoms with E-state index >= 15 is 0 Å². The highest BCUT2D eigenvalue weighted by molar-refractivity contribution is 6.30. The maximum absolute atomic E-state index is 15.0. The molecule has 0 unspecified atom stereocenters. The summed E-state index contributed by atoms with van der Waals surface area (Å²) in [6, 6.07) is 7.26. The molecule has 3 rings (SSSR count). The molecule has 2 heterocycles. The fraction of sp³-hybridized carbons (Fsp3) is 0.280. The lowest BCUT2D eigenvalue weighted by Gasteiger charge is -2.20. The molecule has 11 heteroatoms. The highest BCUT2D eigenvalue weighted by Crippen LogP contribution is 2.38. The first-order valence-electron chi connectivity index (χ1n) is 10.7. The number of benzene rings is 1. The van der Waals surface area contributed by atoms with Gasteiger partial charge in [-0.3, -0.25) is 9.36 Å². The van der Waals surface area contributed by atoms with Crippen molar-refractivity contribution in [1.82, 2.24) is 14.5 Å². The van der Waals surface area contributed by atoms with Crippen molar-refractivity contribution < 1.29 is 22.6 Å². The van der Waals surface area contributed by atoms with Crippen molar-refractivity contribution in [3.05, 3.63) is 86.2 Å². The van der Waals surface area contributed by atoms with E-state index in [9.17, 15) is 23.2 Å². The van der Waals surface area contributed by atoms with Crippen LogP contribution < -0.4 is 15.0 Å². The van der Waals surface area contributed by atoms with Gasteiger partial charge in [-0.2, -0.15) is 14.0 Å². The molecule has 7 nitrogen and oxygen atoms in total. The standard InChI is InChI=1S/C25H22ClF3N4O3/c1-5-20-17(8-16(10-27)23(32-20)35-4)12-33-13-31-22(25(28,29)14(2)3)21(24(33)34)36-19-7-15(11-30)6-18(26)9-19/h6-9,13H,2,5,10,12H2,1,3-4H3. The van der Waals surface area contributed by atoms with E-state index in [1.165, 1.54) is 31.4 Å². The van der Waals surface area contributed by atoms with Gasteiger partial charge in [-0.05, 0) is 48.7 Å². The van der Waals surface area contributed by atoms with E-state index in [2.05, 4.69) is 16.5 Å². The molecule has 2 aromatic heterocycles. The van der Waals surface area contributed by atoms with Gasteiger partial charge < -0.3 is 9.47 Å². The van der Waals surface area contributed by atoms with Gasteiger partial charge in [-0.15, -0.1) is 0 Å². The summed E-state index contributed by atoms with van der Waals surface area (Å²) in [5.74, 6) is -4.43. The number of alkyl halides is 3. The number of hydrogen-bond acceptors (Lipinski definition) is 6. The number of pyridine rings is 1. The van der Waals surface area contributed by atoms with E-state index in [4.69, 9.17) is 21.1 Å². The van der Waals surface area contributed by atoms with Gasteiger partial charge in [0.05, 0.1) is 31.6 Å². The first kappa shape index (κ1) is 26.8. The van der Waals surface area contributed by atoms with E-state index in [-0.39, 0.29) is 34.3 Å². The van der Waals surface area contributed by atoms with Crippen LogP contribution in [0.5, 0.6) is 17.4 Å². The molecule has 1 aromatic carbocycles. The summed E-state index contributed by atoms with van der Waals surface area (Å²) >= 11 is 6.00. The lowest BCUT2D eigenvalue weighted by atomic mass is 10.1. The van der Waals surface area contributed by atoms with Gasteiger partial charge in [0.25, 0.3) is 5.56 Å². The van der Waals surface area contributed by atoms with E-state index in [0.29, 0.717) is 17.7 Å². The summed E-state index contributed by atoms with van der Waals surface area (Å²) in [7, 11) is 1.37. The molecule has 0 saturated carbocycles. The number of halogens is 4. The Hall–Kier alpha value is -3.84. The third-order valence-electron chi connectivity index (χ3n) is 5.29. The molecular formula is C25H22ClF3N4O3. The van der Waals surface area contributed by atoms with Gasteiger partial charge in [0.2, 0.25) is 11.6 Å². The van der Waals surface area contributed by atoms with Crippen molar-refractivity contribution in [2.75, 3.05) is 7.11 Å². The fourth-order valence-electron chi connectivity index (χ4n) is 3.43. The quantitative estimate of drug-likeness (QED) is 0.337. The summed E-state index contributed by atoms with van der Waals surface area (Å²) in [4.78, 5) is 21.5. The van der Waals surface area contributed by atoms with Crippen LogP contribution in [-0.4, -0.2) is 21.6 Å². The maximum atomic E-state index is 15.0. The normalized spacial score (nSPS) is 11.2. The Kier molecular flexibility index (Phi) is 8.05. The highest BCUT2D eigenvalue weighted by Gasteiger charge is 2.39. The van der Waals surface area contributed by atoms with Crippen LogP contribution in [0.15, 0.2) is 47.5 Å². The second-order valence-corrected chi connectivity index (χ2v) is 8.29. The molecular weight excluding hydrogens is 497 g/mol. The van der Waals surface area contributed by atoms with E-state index in [1.54, 1.807) is 0 Å². The van der Waals surface area contributed by atoms with Crippen LogP contribution in [0, 0.1) is 11.3 Å². The SMILES string of the molecule is C=C(C)C(F)(F)c1ncn(Cc2cc(CF)c(OC)nc2CC)c(=O)c1Oc1cc(Cl)cc(C#N)c1. The molecule has 0 saturated heterocycles. The van der Waals surface area contributed by atoms with Crippen molar-refractivity contribution in [3.8, 4) is 23.4 Å². The maximum Gasteiger partial charge on any atom is 0.314 e. The third kappa shape index (κ3) is 5.36. The predicted molar refractivity (Wildman–Crippen MR) is 128 cm³/mol. The topological polar surface area (TPSA) is 90.0 Å². The smallest absolute Gasteiger partial charge is 0.314 e. The van der Waals surface area contributed by atoms with Crippen molar-refractivity contribution in [1.29, 1.82) is 5.26 Å². The summed E-state index contributed by atoms with van der Waals surface area (Å²) in [5.41, 5.74) is -1.14. The number of rotatable bonds is 9. The Balaban J connectivity index is 2.18. The van der Waals surface area contributed by atoms with Crippen LogP contribution in [0.4, 0.5) is 13.2 Å². The summed E-state index contributed by atoms with van der Waals surface area (Å²) in [6.45, 7) is 5.21. The number of allylic oxidation sites excluding steroid dienone is 1. The predicted octanol–water partition coefficient (Wildman–Crippen LogP) is 5.71. The Bertz CT molecular complexity index is 1420. The number of ether oxygens (including phenoxy) is 2. The zero-order chi connectivity index (χ0) is 26.6. The largest absolute Gasteiger partial charge is 0.481 e. The molecule has 0 aliphatic heterocycles. The number of nitriles is 1. The lowest BCUT2D eigenvalue weighted by molar-refractivity contribution is 0.0309. The number of aryl methyl sites for hydroxylation is 1. The van der Waals surface area contributed by atoms with Crippen molar-refractivity contribution in [3.63, 3.8) is 0 Å².